The maximum Gasteiger partial charge on any atom is 0.0471 e. The highest BCUT2D eigenvalue weighted by molar-refractivity contribution is 7.80. The summed E-state index contributed by atoms with van der Waals surface area (Å²) < 4.78 is 0. The highest BCUT2D eigenvalue weighted by Gasteiger charge is 2.19. The molecule has 0 unspecified atom stereocenters. The van der Waals surface area contributed by atoms with E-state index in [-0.39, 0.29) is 0 Å². The van der Waals surface area contributed by atoms with E-state index in [0.29, 0.717) is 0 Å². The molecule has 0 spiro atoms. The van der Waals surface area contributed by atoms with E-state index in [2.05, 4.69) is 115 Å². The molecule has 132 valence electrons. The molecule has 0 aromatic heterocycles. The minimum absolute atomic E-state index is 0.638. The molecule has 0 heterocycles. The molecule has 0 amide bonds. The summed E-state index contributed by atoms with van der Waals surface area (Å²) in [7, 11) is -0.638. The van der Waals surface area contributed by atoms with Crippen LogP contribution in [0.15, 0.2) is 109 Å². The van der Waals surface area contributed by atoms with E-state index < -0.39 is 7.92 Å². The van der Waals surface area contributed by atoms with Crippen LogP contribution in [0.5, 0.6) is 0 Å². The van der Waals surface area contributed by atoms with Gasteiger partial charge in [0.2, 0.25) is 0 Å². The first kappa shape index (κ1) is 17.5. The summed E-state index contributed by atoms with van der Waals surface area (Å²) in [6.45, 7) is 2.15. The third-order valence-corrected chi connectivity index (χ3v) is 6.98. The average molecular weight is 367 g/mol. The Morgan fingerprint density at radius 3 is 1.67 bits per heavy atom. The monoisotopic (exact) mass is 367 g/mol. The predicted molar refractivity (Wildman–Crippen MR) is 120 cm³/mol. The number of nitrogens with one attached hydrogen (secondary N) is 1. The van der Waals surface area contributed by atoms with Crippen LogP contribution >= 0.6 is 7.92 Å². The molecular formula is C25H22NP. The van der Waals surface area contributed by atoms with E-state index in [9.17, 15) is 0 Å². The Hall–Kier alpha value is -2.89. The summed E-state index contributed by atoms with van der Waals surface area (Å²) in [6.07, 6.45) is 0. The number of aryl methyl sites for hydroxylation is 1. The molecule has 1 nitrogen and oxygen atoms in total. The number of para-hydroxylation sites is 1. The Balaban J connectivity index is 1.85. The van der Waals surface area contributed by atoms with Gasteiger partial charge in [-0.1, -0.05) is 91.0 Å². The van der Waals surface area contributed by atoms with Crippen molar-refractivity contribution < 1.29 is 0 Å². The van der Waals surface area contributed by atoms with Crippen LogP contribution in [0, 0.1) is 6.92 Å². The lowest BCUT2D eigenvalue weighted by Gasteiger charge is -2.23. The van der Waals surface area contributed by atoms with Gasteiger partial charge < -0.3 is 5.32 Å². The van der Waals surface area contributed by atoms with E-state index in [1.165, 1.54) is 27.2 Å². The zero-order valence-corrected chi connectivity index (χ0v) is 16.2. The third kappa shape index (κ3) is 4.10. The van der Waals surface area contributed by atoms with Crippen LogP contribution in [0.3, 0.4) is 0 Å². The lowest BCUT2D eigenvalue weighted by molar-refractivity contribution is 1.47. The number of rotatable bonds is 5. The molecule has 4 aromatic rings. The summed E-state index contributed by atoms with van der Waals surface area (Å²) in [5, 5.41) is 7.71. The Morgan fingerprint density at radius 1 is 0.593 bits per heavy atom. The SMILES string of the molecule is Cc1ccc(P(c2ccccc2)c2ccccc2)c(Nc2ccccc2)c1. The molecule has 2 heteroatoms. The lowest BCUT2D eigenvalue weighted by atomic mass is 10.2. The molecule has 0 fully saturated rings. The molecule has 1 N–H and O–H groups in total. The van der Waals surface area contributed by atoms with Gasteiger partial charge in [-0.05, 0) is 49.2 Å². The van der Waals surface area contributed by atoms with Crippen LogP contribution in [0.25, 0.3) is 0 Å². The van der Waals surface area contributed by atoms with Gasteiger partial charge in [-0.25, -0.2) is 0 Å². The van der Waals surface area contributed by atoms with Crippen LogP contribution in [0.2, 0.25) is 0 Å². The summed E-state index contributed by atoms with van der Waals surface area (Å²) in [5.74, 6) is 0. The summed E-state index contributed by atoms with van der Waals surface area (Å²) in [5.41, 5.74) is 3.55. The van der Waals surface area contributed by atoms with Gasteiger partial charge in [-0.15, -0.1) is 0 Å². The first-order valence-corrected chi connectivity index (χ1v) is 10.5. The molecule has 4 rings (SSSR count). The van der Waals surface area contributed by atoms with Gasteiger partial charge >= 0.3 is 0 Å². The minimum Gasteiger partial charge on any atom is -0.355 e. The maximum absolute atomic E-state index is 3.65. The number of hydrogen-bond acceptors (Lipinski definition) is 1. The van der Waals surface area contributed by atoms with E-state index in [4.69, 9.17) is 0 Å². The van der Waals surface area contributed by atoms with Crippen LogP contribution < -0.4 is 21.2 Å². The Bertz CT molecular complexity index is 959. The zero-order valence-electron chi connectivity index (χ0n) is 15.3. The van der Waals surface area contributed by atoms with Gasteiger partial charge in [0.05, 0.1) is 0 Å². The van der Waals surface area contributed by atoms with Gasteiger partial charge in [0, 0.05) is 16.7 Å². The van der Waals surface area contributed by atoms with E-state index >= 15 is 0 Å². The second-order valence-corrected chi connectivity index (χ2v) is 8.70. The second-order valence-electron chi connectivity index (χ2n) is 6.52. The van der Waals surface area contributed by atoms with E-state index in [0.717, 1.165) is 5.69 Å². The molecule has 0 atom stereocenters. The fraction of sp³-hybridized carbons (Fsp3) is 0.0400. The molecular weight excluding hydrogens is 345 g/mol. The van der Waals surface area contributed by atoms with Crippen molar-refractivity contribution in [3.8, 4) is 0 Å². The van der Waals surface area contributed by atoms with Crippen molar-refractivity contribution in [2.45, 2.75) is 6.92 Å². The second kappa shape index (κ2) is 8.20. The first-order valence-electron chi connectivity index (χ1n) is 9.14. The quantitative estimate of drug-likeness (QED) is 0.460. The van der Waals surface area contributed by atoms with Gasteiger partial charge in [0.1, 0.15) is 0 Å². The molecule has 0 bridgehead atoms. The lowest BCUT2D eigenvalue weighted by Crippen LogP contribution is -2.22. The van der Waals surface area contributed by atoms with Crippen LogP contribution in [-0.2, 0) is 0 Å². The van der Waals surface area contributed by atoms with Gasteiger partial charge in [-0.3, -0.25) is 0 Å². The van der Waals surface area contributed by atoms with Gasteiger partial charge in [-0.2, -0.15) is 0 Å². The van der Waals surface area contributed by atoms with E-state index in [1.807, 2.05) is 6.07 Å². The van der Waals surface area contributed by atoms with Crippen molar-refractivity contribution in [2.24, 2.45) is 0 Å². The summed E-state index contributed by atoms with van der Waals surface area (Å²) >= 11 is 0. The fourth-order valence-electron chi connectivity index (χ4n) is 3.20. The highest BCUT2D eigenvalue weighted by atomic mass is 31.1. The molecule has 0 saturated heterocycles. The molecule has 0 aliphatic rings. The molecule has 0 aliphatic carbocycles. The largest absolute Gasteiger partial charge is 0.355 e. The Labute approximate surface area is 162 Å². The van der Waals surface area contributed by atoms with Crippen molar-refractivity contribution in [2.75, 3.05) is 5.32 Å². The predicted octanol–water partition coefficient (Wildman–Crippen LogP) is 5.50. The van der Waals surface area contributed by atoms with Crippen molar-refractivity contribution >= 4 is 35.2 Å². The molecule has 0 radical (unpaired) electrons. The van der Waals surface area contributed by atoms with Crippen LogP contribution in [-0.4, -0.2) is 0 Å². The van der Waals surface area contributed by atoms with Crippen LogP contribution in [0.4, 0.5) is 11.4 Å². The summed E-state index contributed by atoms with van der Waals surface area (Å²) in [4.78, 5) is 0. The number of benzene rings is 4. The summed E-state index contributed by atoms with van der Waals surface area (Å²) in [6, 6.07) is 38.8. The number of anilines is 2. The molecule has 4 aromatic carbocycles. The van der Waals surface area contributed by atoms with Crippen molar-refractivity contribution in [1.29, 1.82) is 0 Å². The van der Waals surface area contributed by atoms with Crippen molar-refractivity contribution in [3.05, 3.63) is 115 Å². The zero-order chi connectivity index (χ0) is 18.5. The number of hydrogen-bond donors (Lipinski definition) is 1. The Morgan fingerprint density at radius 2 is 1.11 bits per heavy atom. The molecule has 0 aliphatic heterocycles. The van der Waals surface area contributed by atoms with Gasteiger partial charge in [0.25, 0.3) is 0 Å². The van der Waals surface area contributed by atoms with Crippen molar-refractivity contribution in [3.63, 3.8) is 0 Å². The van der Waals surface area contributed by atoms with Crippen LogP contribution in [0.1, 0.15) is 5.56 Å². The first-order chi connectivity index (χ1) is 13.3. The van der Waals surface area contributed by atoms with E-state index in [1.54, 1.807) is 0 Å². The van der Waals surface area contributed by atoms with Crippen molar-refractivity contribution in [1.82, 2.24) is 0 Å². The average Bonchev–Trinajstić information content (AvgIpc) is 2.72. The minimum atomic E-state index is -0.638. The maximum atomic E-state index is 3.65. The van der Waals surface area contributed by atoms with Gasteiger partial charge in [0.15, 0.2) is 0 Å². The highest BCUT2D eigenvalue weighted by Crippen LogP contribution is 2.36. The molecule has 0 saturated carbocycles. The fourth-order valence-corrected chi connectivity index (χ4v) is 5.58. The third-order valence-electron chi connectivity index (χ3n) is 4.47. The topological polar surface area (TPSA) is 12.0 Å². The standard InChI is InChI=1S/C25H22NP/c1-20-17-18-25(24(19-20)26-21-11-5-2-6-12-21)27(22-13-7-3-8-14-22)23-15-9-4-10-16-23/h2-19,26H,1H3. The molecule has 27 heavy (non-hydrogen) atoms. The smallest absolute Gasteiger partial charge is 0.0471 e. The Kier molecular flexibility index (Phi) is 5.32. The normalized spacial score (nSPS) is 10.7.